The van der Waals surface area contributed by atoms with Crippen LogP contribution in [-0.2, 0) is 6.54 Å². The van der Waals surface area contributed by atoms with Gasteiger partial charge in [0.25, 0.3) is 0 Å². The third-order valence-electron chi connectivity index (χ3n) is 1.97. The van der Waals surface area contributed by atoms with E-state index in [-0.39, 0.29) is 4.87 Å². The van der Waals surface area contributed by atoms with E-state index in [4.69, 9.17) is 4.74 Å². The lowest BCUT2D eigenvalue weighted by atomic mass is 10.4. The molecule has 2 aromatic rings. The Bertz CT molecular complexity index is 537. The summed E-state index contributed by atoms with van der Waals surface area (Å²) in [5.74, 6) is 1.19. The number of hydrogen-bond acceptors (Lipinski definition) is 6. The Morgan fingerprint density at radius 3 is 3.12 bits per heavy atom. The smallest absolute Gasteiger partial charge is 0.304 e. The highest BCUT2D eigenvalue weighted by Gasteiger charge is 2.00. The second kappa shape index (κ2) is 5.44. The van der Waals surface area contributed by atoms with Crippen molar-refractivity contribution in [3.8, 4) is 5.88 Å². The highest BCUT2D eigenvalue weighted by atomic mass is 32.1. The van der Waals surface area contributed by atoms with Crippen LogP contribution >= 0.6 is 11.3 Å². The average molecular weight is 252 g/mol. The Labute approximate surface area is 102 Å². The first kappa shape index (κ1) is 11.6. The molecule has 0 aliphatic carbocycles. The monoisotopic (exact) mass is 252 g/mol. The first-order valence-corrected chi connectivity index (χ1v) is 6.01. The van der Waals surface area contributed by atoms with E-state index in [2.05, 4.69) is 20.3 Å². The van der Waals surface area contributed by atoms with Crippen molar-refractivity contribution >= 4 is 17.2 Å². The van der Waals surface area contributed by atoms with E-state index in [0.717, 1.165) is 17.0 Å². The largest absolute Gasteiger partial charge is 0.478 e. The lowest BCUT2D eigenvalue weighted by molar-refractivity contribution is 0.326. The molecule has 2 heterocycles. The maximum Gasteiger partial charge on any atom is 0.304 e. The van der Waals surface area contributed by atoms with Crippen LogP contribution in [0, 0.1) is 0 Å². The molecule has 2 aromatic heterocycles. The fraction of sp³-hybridized carbons (Fsp3) is 0.300. The van der Waals surface area contributed by atoms with E-state index in [0.29, 0.717) is 24.8 Å². The zero-order valence-electron chi connectivity index (χ0n) is 9.27. The summed E-state index contributed by atoms with van der Waals surface area (Å²) in [4.78, 5) is 21.6. The van der Waals surface area contributed by atoms with Crippen LogP contribution in [0.3, 0.4) is 0 Å². The van der Waals surface area contributed by atoms with Gasteiger partial charge in [-0.1, -0.05) is 11.3 Å². The van der Waals surface area contributed by atoms with E-state index < -0.39 is 0 Å². The van der Waals surface area contributed by atoms with E-state index >= 15 is 0 Å². The standard InChI is InChI=1S/C10H12N4O2S/c1-2-16-9-3-8(12-6-13-9)11-4-7-5-17-10(15)14-7/h3,5-6H,2,4H2,1H3,(H,14,15)(H,11,12,13). The van der Waals surface area contributed by atoms with Gasteiger partial charge in [0, 0.05) is 17.1 Å². The van der Waals surface area contributed by atoms with Gasteiger partial charge in [0.15, 0.2) is 0 Å². The zero-order valence-corrected chi connectivity index (χ0v) is 10.1. The summed E-state index contributed by atoms with van der Waals surface area (Å²) in [5.41, 5.74) is 0.830. The van der Waals surface area contributed by atoms with Crippen LogP contribution in [0.4, 0.5) is 5.82 Å². The molecule has 0 saturated heterocycles. The van der Waals surface area contributed by atoms with E-state index in [1.807, 2.05) is 6.92 Å². The molecule has 0 bridgehead atoms. The van der Waals surface area contributed by atoms with Gasteiger partial charge in [-0.15, -0.1) is 0 Å². The molecule has 0 fully saturated rings. The molecular formula is C10H12N4O2S. The van der Waals surface area contributed by atoms with Crippen LogP contribution in [0.15, 0.2) is 22.6 Å². The van der Waals surface area contributed by atoms with Crippen molar-refractivity contribution < 1.29 is 4.74 Å². The molecule has 90 valence electrons. The summed E-state index contributed by atoms with van der Waals surface area (Å²) in [7, 11) is 0. The fourth-order valence-electron chi connectivity index (χ4n) is 1.25. The Kier molecular flexibility index (Phi) is 3.71. The number of thiazole rings is 1. The van der Waals surface area contributed by atoms with Gasteiger partial charge in [-0.25, -0.2) is 9.97 Å². The normalized spacial score (nSPS) is 10.2. The first-order valence-electron chi connectivity index (χ1n) is 5.13. The first-order chi connectivity index (χ1) is 8.28. The van der Waals surface area contributed by atoms with Crippen molar-refractivity contribution in [3.05, 3.63) is 33.1 Å². The van der Waals surface area contributed by atoms with Crippen molar-refractivity contribution in [3.63, 3.8) is 0 Å². The summed E-state index contributed by atoms with van der Waals surface area (Å²) in [5, 5.41) is 4.86. The Morgan fingerprint density at radius 1 is 1.53 bits per heavy atom. The molecule has 2 N–H and O–H groups in total. The van der Waals surface area contributed by atoms with Crippen LogP contribution in [0.2, 0.25) is 0 Å². The van der Waals surface area contributed by atoms with Crippen molar-refractivity contribution in [2.45, 2.75) is 13.5 Å². The number of rotatable bonds is 5. The minimum Gasteiger partial charge on any atom is -0.478 e. The molecule has 0 aliphatic heterocycles. The number of H-pyrrole nitrogens is 1. The molecule has 2 rings (SSSR count). The van der Waals surface area contributed by atoms with Gasteiger partial charge in [-0.05, 0) is 6.92 Å². The molecule has 6 nitrogen and oxygen atoms in total. The maximum absolute atomic E-state index is 10.9. The van der Waals surface area contributed by atoms with E-state index in [1.165, 1.54) is 6.33 Å². The van der Waals surface area contributed by atoms with Crippen molar-refractivity contribution in [2.75, 3.05) is 11.9 Å². The fourth-order valence-corrected chi connectivity index (χ4v) is 1.83. The molecule has 0 saturated carbocycles. The predicted molar refractivity (Wildman–Crippen MR) is 65.5 cm³/mol. The number of hydrogen-bond donors (Lipinski definition) is 2. The van der Waals surface area contributed by atoms with Gasteiger partial charge in [0.2, 0.25) is 5.88 Å². The minimum absolute atomic E-state index is 0.0560. The van der Waals surface area contributed by atoms with Gasteiger partial charge in [-0.2, -0.15) is 0 Å². The predicted octanol–water partition coefficient (Wildman–Crippen LogP) is 1.24. The number of nitrogens with one attached hydrogen (secondary N) is 2. The van der Waals surface area contributed by atoms with Crippen LogP contribution < -0.4 is 14.9 Å². The van der Waals surface area contributed by atoms with Crippen LogP contribution in [0.25, 0.3) is 0 Å². The van der Waals surface area contributed by atoms with Gasteiger partial charge in [0.05, 0.1) is 13.2 Å². The molecule has 0 atom stereocenters. The Morgan fingerprint density at radius 2 is 2.41 bits per heavy atom. The lowest BCUT2D eigenvalue weighted by Crippen LogP contribution is -2.05. The molecule has 0 unspecified atom stereocenters. The summed E-state index contributed by atoms with van der Waals surface area (Å²) in [6.45, 7) is 2.97. The third-order valence-corrected chi connectivity index (χ3v) is 2.68. The van der Waals surface area contributed by atoms with Crippen molar-refractivity contribution in [1.82, 2.24) is 15.0 Å². The van der Waals surface area contributed by atoms with Crippen LogP contribution in [0.1, 0.15) is 12.6 Å². The minimum atomic E-state index is -0.0560. The highest BCUT2D eigenvalue weighted by Crippen LogP contribution is 2.11. The molecule has 17 heavy (non-hydrogen) atoms. The van der Waals surface area contributed by atoms with Crippen molar-refractivity contribution in [2.24, 2.45) is 0 Å². The van der Waals surface area contributed by atoms with Gasteiger partial charge in [0.1, 0.15) is 12.1 Å². The van der Waals surface area contributed by atoms with Gasteiger partial charge in [-0.3, -0.25) is 4.79 Å². The number of anilines is 1. The second-order valence-electron chi connectivity index (χ2n) is 3.20. The molecule has 0 amide bonds. The zero-order chi connectivity index (χ0) is 12.1. The summed E-state index contributed by atoms with van der Waals surface area (Å²) in [6, 6.07) is 1.72. The molecule has 0 spiro atoms. The third kappa shape index (κ3) is 3.28. The van der Waals surface area contributed by atoms with Gasteiger partial charge >= 0.3 is 4.87 Å². The maximum atomic E-state index is 10.9. The SMILES string of the molecule is CCOc1cc(NCc2csc(=O)[nH]2)ncn1. The van der Waals surface area contributed by atoms with Crippen molar-refractivity contribution in [1.29, 1.82) is 0 Å². The Hall–Kier alpha value is -1.89. The average Bonchev–Trinajstić information content (AvgIpc) is 2.74. The van der Waals surface area contributed by atoms with Crippen LogP contribution in [0.5, 0.6) is 5.88 Å². The summed E-state index contributed by atoms with van der Waals surface area (Å²) >= 11 is 1.14. The molecule has 0 radical (unpaired) electrons. The number of aromatic nitrogens is 3. The topological polar surface area (TPSA) is 79.9 Å². The van der Waals surface area contributed by atoms with E-state index in [1.54, 1.807) is 11.4 Å². The molecule has 0 aromatic carbocycles. The van der Waals surface area contributed by atoms with E-state index in [9.17, 15) is 4.79 Å². The molecule has 0 aliphatic rings. The Balaban J connectivity index is 1.98. The second-order valence-corrected chi connectivity index (χ2v) is 4.04. The number of aromatic amines is 1. The number of ether oxygens (including phenoxy) is 1. The quantitative estimate of drug-likeness (QED) is 0.836. The molecular weight excluding hydrogens is 240 g/mol. The molecule has 7 heteroatoms. The van der Waals surface area contributed by atoms with Crippen LogP contribution in [-0.4, -0.2) is 21.6 Å². The van der Waals surface area contributed by atoms with Gasteiger partial charge < -0.3 is 15.0 Å². The summed E-state index contributed by atoms with van der Waals surface area (Å²) < 4.78 is 5.26. The highest BCUT2D eigenvalue weighted by molar-refractivity contribution is 7.07. The lowest BCUT2D eigenvalue weighted by Gasteiger charge is -2.05. The number of nitrogens with zero attached hydrogens (tertiary/aromatic N) is 2. The summed E-state index contributed by atoms with van der Waals surface area (Å²) in [6.07, 6.45) is 1.43.